The van der Waals surface area contributed by atoms with Crippen LogP contribution in [0.15, 0.2) is 64.0 Å². The lowest BCUT2D eigenvalue weighted by molar-refractivity contribution is 0.156. The number of benzene rings is 2. The Balaban J connectivity index is 1.32. The number of nitrogens with zero attached hydrogens (tertiary/aromatic N) is 2. The highest BCUT2D eigenvalue weighted by Crippen LogP contribution is 2.25. The van der Waals surface area contributed by atoms with Crippen molar-refractivity contribution in [3.05, 3.63) is 66.2 Å². The number of ether oxygens (including phenoxy) is 1. The van der Waals surface area contributed by atoms with Gasteiger partial charge in [-0.2, -0.15) is 0 Å². The fourth-order valence-electron chi connectivity index (χ4n) is 3.95. The number of hydrogen-bond donors (Lipinski definition) is 1. The number of methoxy groups -OCH3 is 1. The Morgan fingerprint density at radius 2 is 1.91 bits per heavy atom. The maximum Gasteiger partial charge on any atom is 0.240 e. The minimum absolute atomic E-state index is 0.250. The molecule has 1 aliphatic heterocycles. The normalized spacial score (nSPS) is 17.4. The Morgan fingerprint density at radius 1 is 1.16 bits per heavy atom. The first-order chi connectivity index (χ1) is 15.4. The van der Waals surface area contributed by atoms with Gasteiger partial charge in [-0.05, 0) is 68.6 Å². The largest absolute Gasteiger partial charge is 0.497 e. The predicted octanol–water partition coefficient (Wildman–Crippen LogP) is 3.85. The molecule has 1 saturated heterocycles. The zero-order valence-electron chi connectivity index (χ0n) is 18.5. The highest BCUT2D eigenvalue weighted by atomic mass is 32.2. The molecule has 0 saturated carbocycles. The van der Waals surface area contributed by atoms with Gasteiger partial charge in [-0.25, -0.2) is 18.1 Å². The molecule has 8 heteroatoms. The van der Waals surface area contributed by atoms with Crippen LogP contribution in [0.2, 0.25) is 0 Å². The van der Waals surface area contributed by atoms with Crippen molar-refractivity contribution in [1.82, 2.24) is 14.6 Å². The zero-order valence-corrected chi connectivity index (χ0v) is 19.3. The molecule has 2 heterocycles. The average molecular weight is 456 g/mol. The van der Waals surface area contributed by atoms with Crippen molar-refractivity contribution < 1.29 is 17.6 Å². The third kappa shape index (κ3) is 5.56. The zero-order chi connectivity index (χ0) is 22.6. The van der Waals surface area contributed by atoms with Crippen LogP contribution in [-0.4, -0.2) is 45.0 Å². The van der Waals surface area contributed by atoms with Crippen LogP contribution in [0.25, 0.3) is 11.3 Å². The molecule has 1 aliphatic rings. The number of aryl methyl sites for hydroxylation is 1. The van der Waals surface area contributed by atoms with Crippen LogP contribution < -0.4 is 9.46 Å². The lowest BCUT2D eigenvalue weighted by Crippen LogP contribution is -2.40. The second kappa shape index (κ2) is 9.85. The molecule has 1 atom stereocenters. The first-order valence-electron chi connectivity index (χ1n) is 10.8. The van der Waals surface area contributed by atoms with Gasteiger partial charge in [0.25, 0.3) is 0 Å². The molecule has 0 radical (unpaired) electrons. The van der Waals surface area contributed by atoms with Crippen molar-refractivity contribution in [3.8, 4) is 17.1 Å². The summed E-state index contributed by atoms with van der Waals surface area (Å²) in [6.45, 7) is 4.72. The minimum atomic E-state index is -3.49. The van der Waals surface area contributed by atoms with E-state index in [0.717, 1.165) is 48.6 Å². The molecular formula is C24H29N3O4S. The van der Waals surface area contributed by atoms with E-state index in [0.29, 0.717) is 23.9 Å². The smallest absolute Gasteiger partial charge is 0.240 e. The lowest BCUT2D eigenvalue weighted by atomic mass is 9.98. The third-order valence-corrected chi connectivity index (χ3v) is 7.22. The van der Waals surface area contributed by atoms with Gasteiger partial charge >= 0.3 is 0 Å². The van der Waals surface area contributed by atoms with Gasteiger partial charge in [0.15, 0.2) is 5.76 Å². The summed E-state index contributed by atoms with van der Waals surface area (Å²) in [5.41, 5.74) is 1.99. The fraction of sp³-hybridized carbons (Fsp3) is 0.375. The molecule has 2 aromatic carbocycles. The number of sulfonamides is 1. The van der Waals surface area contributed by atoms with E-state index in [4.69, 9.17) is 9.15 Å². The van der Waals surface area contributed by atoms with Crippen molar-refractivity contribution in [2.24, 2.45) is 5.92 Å². The standard InChI is InChI=1S/C24H29N3O4S/c1-18-5-11-22(12-6-18)32(28,29)26-14-19-4-3-13-27(16-19)17-24-25-15-23(31-24)20-7-9-21(30-2)10-8-20/h5-12,15,19,26H,3-4,13-14,16-17H2,1-2H3. The summed E-state index contributed by atoms with van der Waals surface area (Å²) in [5.74, 6) is 2.43. The number of oxazole rings is 1. The molecule has 0 aliphatic carbocycles. The van der Waals surface area contributed by atoms with Crippen LogP contribution in [0.1, 0.15) is 24.3 Å². The predicted molar refractivity (Wildman–Crippen MR) is 123 cm³/mol. The van der Waals surface area contributed by atoms with Crippen LogP contribution in [-0.2, 0) is 16.6 Å². The molecular weight excluding hydrogens is 426 g/mol. The van der Waals surface area contributed by atoms with Crippen molar-refractivity contribution in [1.29, 1.82) is 0 Å². The maximum atomic E-state index is 12.6. The van der Waals surface area contributed by atoms with Crippen LogP contribution in [0.3, 0.4) is 0 Å². The Kier molecular flexibility index (Phi) is 6.93. The van der Waals surface area contributed by atoms with Gasteiger partial charge in [0, 0.05) is 18.7 Å². The Morgan fingerprint density at radius 3 is 2.62 bits per heavy atom. The summed E-state index contributed by atoms with van der Waals surface area (Å²) >= 11 is 0. The van der Waals surface area contributed by atoms with Crippen LogP contribution >= 0.6 is 0 Å². The van der Waals surface area contributed by atoms with Crippen LogP contribution in [0, 0.1) is 12.8 Å². The van der Waals surface area contributed by atoms with E-state index in [1.165, 1.54) is 0 Å². The molecule has 3 aromatic rings. The quantitative estimate of drug-likeness (QED) is 0.555. The van der Waals surface area contributed by atoms with Crippen molar-refractivity contribution >= 4 is 10.0 Å². The number of nitrogens with one attached hydrogen (secondary N) is 1. The number of piperidine rings is 1. The van der Waals surface area contributed by atoms with Crippen LogP contribution in [0.4, 0.5) is 0 Å². The average Bonchev–Trinajstić information content (AvgIpc) is 3.27. The number of rotatable bonds is 8. The SMILES string of the molecule is COc1ccc(-c2cnc(CN3CCCC(CNS(=O)(=O)c4ccc(C)cc4)C3)o2)cc1. The van der Waals surface area contributed by atoms with E-state index in [1.807, 2.05) is 43.3 Å². The van der Waals surface area contributed by atoms with E-state index in [1.54, 1.807) is 25.4 Å². The Hall–Kier alpha value is -2.68. The van der Waals surface area contributed by atoms with Gasteiger partial charge in [0.2, 0.25) is 15.9 Å². The van der Waals surface area contributed by atoms with Crippen molar-refractivity contribution in [2.75, 3.05) is 26.7 Å². The first-order valence-corrected chi connectivity index (χ1v) is 12.3. The van der Waals surface area contributed by atoms with E-state index >= 15 is 0 Å². The molecule has 32 heavy (non-hydrogen) atoms. The summed E-state index contributed by atoms with van der Waals surface area (Å²) in [4.78, 5) is 7.02. The summed E-state index contributed by atoms with van der Waals surface area (Å²) in [6, 6.07) is 14.6. The summed E-state index contributed by atoms with van der Waals surface area (Å²) in [6.07, 6.45) is 3.76. The van der Waals surface area contributed by atoms with Gasteiger partial charge < -0.3 is 9.15 Å². The fourth-order valence-corrected chi connectivity index (χ4v) is 5.07. The Labute approximate surface area is 189 Å². The number of aromatic nitrogens is 1. The van der Waals surface area contributed by atoms with E-state index in [-0.39, 0.29) is 5.92 Å². The molecule has 7 nitrogen and oxygen atoms in total. The molecule has 0 spiro atoms. The number of likely N-dealkylation sites (tertiary alicyclic amines) is 1. The van der Waals surface area contributed by atoms with E-state index in [2.05, 4.69) is 14.6 Å². The van der Waals surface area contributed by atoms with Gasteiger partial charge in [0.05, 0.1) is 24.7 Å². The monoisotopic (exact) mass is 455 g/mol. The molecule has 0 bridgehead atoms. The van der Waals surface area contributed by atoms with Gasteiger partial charge in [-0.15, -0.1) is 0 Å². The van der Waals surface area contributed by atoms with Gasteiger partial charge in [-0.1, -0.05) is 17.7 Å². The van der Waals surface area contributed by atoms with Gasteiger partial charge in [0.1, 0.15) is 5.75 Å². The second-order valence-electron chi connectivity index (χ2n) is 8.26. The van der Waals surface area contributed by atoms with Crippen molar-refractivity contribution in [2.45, 2.75) is 31.2 Å². The molecule has 1 fully saturated rings. The molecule has 1 aromatic heterocycles. The summed E-state index contributed by atoms with van der Waals surface area (Å²) < 4.78 is 39.1. The van der Waals surface area contributed by atoms with Gasteiger partial charge in [-0.3, -0.25) is 4.90 Å². The van der Waals surface area contributed by atoms with E-state index < -0.39 is 10.0 Å². The van der Waals surface area contributed by atoms with E-state index in [9.17, 15) is 8.42 Å². The van der Waals surface area contributed by atoms with Crippen LogP contribution in [0.5, 0.6) is 5.75 Å². The summed E-state index contributed by atoms with van der Waals surface area (Å²) in [7, 11) is -1.85. The highest BCUT2D eigenvalue weighted by Gasteiger charge is 2.23. The first kappa shape index (κ1) is 22.5. The topological polar surface area (TPSA) is 84.7 Å². The number of hydrogen-bond acceptors (Lipinski definition) is 6. The third-order valence-electron chi connectivity index (χ3n) is 5.78. The second-order valence-corrected chi connectivity index (χ2v) is 10.0. The minimum Gasteiger partial charge on any atom is -0.497 e. The molecule has 0 amide bonds. The maximum absolute atomic E-state index is 12.6. The molecule has 1 N–H and O–H groups in total. The summed E-state index contributed by atoms with van der Waals surface area (Å²) in [5, 5.41) is 0. The molecule has 4 rings (SSSR count). The lowest BCUT2D eigenvalue weighted by Gasteiger charge is -2.31. The molecule has 170 valence electrons. The Bertz CT molecular complexity index is 1120. The highest BCUT2D eigenvalue weighted by molar-refractivity contribution is 7.89. The van der Waals surface area contributed by atoms with Crippen molar-refractivity contribution in [3.63, 3.8) is 0 Å². The molecule has 1 unspecified atom stereocenters.